The van der Waals surface area contributed by atoms with E-state index < -0.39 is 0 Å². The fraction of sp³-hybridized carbons (Fsp3) is 0.412. The first-order valence-corrected chi connectivity index (χ1v) is 7.02. The summed E-state index contributed by atoms with van der Waals surface area (Å²) >= 11 is 6.38. The molecule has 0 fully saturated rings. The van der Waals surface area contributed by atoms with Crippen molar-refractivity contribution < 1.29 is 4.74 Å². The Morgan fingerprint density at radius 2 is 1.84 bits per heavy atom. The zero-order valence-corrected chi connectivity index (χ0v) is 12.8. The molecule has 1 aromatic carbocycles. The summed E-state index contributed by atoms with van der Waals surface area (Å²) in [6.45, 7) is 7.34. The van der Waals surface area contributed by atoms with E-state index in [4.69, 9.17) is 16.3 Å². The second-order valence-corrected chi connectivity index (χ2v) is 5.72. The minimum atomic E-state index is 0.299. The van der Waals surface area contributed by atoms with Gasteiger partial charge in [-0.1, -0.05) is 46.5 Å². The third-order valence-electron chi connectivity index (χ3n) is 4.11. The number of allylic oxidation sites excluding steroid dienone is 3. The predicted octanol–water partition coefficient (Wildman–Crippen LogP) is 5.13. The van der Waals surface area contributed by atoms with Crippen molar-refractivity contribution in [1.82, 2.24) is 0 Å². The van der Waals surface area contributed by atoms with Crippen LogP contribution in [0.25, 0.3) is 0 Å². The van der Waals surface area contributed by atoms with Crippen molar-refractivity contribution >= 4 is 11.6 Å². The molecule has 0 radical (unpaired) electrons. The van der Waals surface area contributed by atoms with Gasteiger partial charge in [-0.25, -0.2) is 0 Å². The van der Waals surface area contributed by atoms with Crippen molar-refractivity contribution in [2.45, 2.75) is 33.1 Å². The smallest absolute Gasteiger partial charge is 0.0678 e. The molecule has 102 valence electrons. The van der Waals surface area contributed by atoms with Crippen molar-refractivity contribution in [3.8, 4) is 0 Å². The summed E-state index contributed by atoms with van der Waals surface area (Å²) < 4.78 is 5.34. The minimum absolute atomic E-state index is 0.299. The van der Waals surface area contributed by atoms with Crippen LogP contribution in [0.3, 0.4) is 0 Å². The van der Waals surface area contributed by atoms with Crippen molar-refractivity contribution in [3.63, 3.8) is 0 Å². The van der Waals surface area contributed by atoms with Crippen LogP contribution in [0.5, 0.6) is 0 Å². The van der Waals surface area contributed by atoms with E-state index in [0.29, 0.717) is 12.5 Å². The van der Waals surface area contributed by atoms with Crippen LogP contribution in [-0.2, 0) is 4.74 Å². The van der Waals surface area contributed by atoms with Crippen LogP contribution in [0.15, 0.2) is 46.6 Å². The molecule has 0 aliphatic heterocycles. The number of ether oxygens (including phenoxy) is 1. The Balaban J connectivity index is 2.51. The van der Waals surface area contributed by atoms with Crippen molar-refractivity contribution in [1.29, 1.82) is 0 Å². The number of benzene rings is 1. The Hall–Kier alpha value is -1.05. The molecule has 1 unspecified atom stereocenters. The first kappa shape index (κ1) is 14.4. The number of hydrogen-bond donors (Lipinski definition) is 0. The highest BCUT2D eigenvalue weighted by atomic mass is 35.5. The molecule has 1 atom stereocenters. The molecule has 0 amide bonds. The van der Waals surface area contributed by atoms with Gasteiger partial charge in [-0.05, 0) is 44.4 Å². The fourth-order valence-corrected chi connectivity index (χ4v) is 3.13. The highest BCUT2D eigenvalue weighted by Gasteiger charge is 2.26. The van der Waals surface area contributed by atoms with Gasteiger partial charge in [0.1, 0.15) is 0 Å². The quantitative estimate of drug-likeness (QED) is 0.696. The van der Waals surface area contributed by atoms with E-state index in [1.807, 2.05) is 12.1 Å². The van der Waals surface area contributed by atoms with E-state index in [9.17, 15) is 0 Å². The molecule has 2 heteroatoms. The lowest BCUT2D eigenvalue weighted by atomic mass is 9.76. The van der Waals surface area contributed by atoms with Crippen LogP contribution in [0.4, 0.5) is 0 Å². The first-order chi connectivity index (χ1) is 9.06. The zero-order chi connectivity index (χ0) is 14.0. The number of hydrogen-bond acceptors (Lipinski definition) is 1. The van der Waals surface area contributed by atoms with Gasteiger partial charge in [0.15, 0.2) is 0 Å². The van der Waals surface area contributed by atoms with Gasteiger partial charge >= 0.3 is 0 Å². The van der Waals surface area contributed by atoms with Gasteiger partial charge in [0.2, 0.25) is 0 Å². The third-order valence-corrected chi connectivity index (χ3v) is 4.45. The van der Waals surface area contributed by atoms with Crippen molar-refractivity contribution in [2.24, 2.45) is 0 Å². The first-order valence-electron chi connectivity index (χ1n) is 6.64. The average Bonchev–Trinajstić information content (AvgIpc) is 2.38. The van der Waals surface area contributed by atoms with E-state index in [1.54, 1.807) is 7.11 Å². The summed E-state index contributed by atoms with van der Waals surface area (Å²) in [5.41, 5.74) is 6.83. The second kappa shape index (κ2) is 5.94. The number of rotatable bonds is 3. The largest absolute Gasteiger partial charge is 0.380 e. The van der Waals surface area contributed by atoms with Gasteiger partial charge < -0.3 is 4.74 Å². The molecule has 2 rings (SSSR count). The Kier molecular flexibility index (Phi) is 4.49. The predicted molar refractivity (Wildman–Crippen MR) is 81.8 cm³/mol. The molecule has 1 nitrogen and oxygen atoms in total. The lowest BCUT2D eigenvalue weighted by molar-refractivity contribution is 0.222. The molecule has 0 heterocycles. The molecule has 0 saturated carbocycles. The summed E-state index contributed by atoms with van der Waals surface area (Å²) in [4.78, 5) is 0. The Morgan fingerprint density at radius 1 is 1.16 bits per heavy atom. The molecule has 0 bridgehead atoms. The Labute approximate surface area is 120 Å². The highest BCUT2D eigenvalue weighted by Crippen LogP contribution is 2.43. The second-order valence-electron chi connectivity index (χ2n) is 5.31. The molecule has 0 spiro atoms. The van der Waals surface area contributed by atoms with Gasteiger partial charge in [0, 0.05) is 18.1 Å². The standard InChI is InChI=1S/C17H21ClO/c1-11-9-14(10-19-4)13(3)17(12(11)2)15-7-5-6-8-16(15)18/h5-8,17H,9-10H2,1-4H3. The Bertz CT molecular complexity index is 540. The van der Waals surface area contributed by atoms with Crippen molar-refractivity contribution in [3.05, 3.63) is 57.1 Å². The minimum Gasteiger partial charge on any atom is -0.380 e. The van der Waals surface area contributed by atoms with Crippen LogP contribution in [-0.4, -0.2) is 13.7 Å². The molecular formula is C17H21ClO. The summed E-state index contributed by atoms with van der Waals surface area (Å²) in [5.74, 6) is 0.299. The number of halogens is 1. The van der Waals surface area contributed by atoms with Gasteiger partial charge in [0.25, 0.3) is 0 Å². The molecule has 1 aliphatic rings. The molecule has 19 heavy (non-hydrogen) atoms. The van der Waals surface area contributed by atoms with Crippen LogP contribution in [0.1, 0.15) is 38.7 Å². The van der Waals surface area contributed by atoms with Gasteiger partial charge in [-0.3, -0.25) is 0 Å². The summed E-state index contributed by atoms with van der Waals surface area (Å²) in [7, 11) is 1.76. The van der Waals surface area contributed by atoms with E-state index in [-0.39, 0.29) is 0 Å². The Morgan fingerprint density at radius 3 is 2.47 bits per heavy atom. The average molecular weight is 277 g/mol. The summed E-state index contributed by atoms with van der Waals surface area (Å²) in [5, 5.41) is 0.845. The van der Waals surface area contributed by atoms with Gasteiger partial charge in [-0.2, -0.15) is 0 Å². The van der Waals surface area contributed by atoms with Gasteiger partial charge in [0.05, 0.1) is 6.61 Å². The maximum atomic E-state index is 6.38. The molecular weight excluding hydrogens is 256 g/mol. The van der Waals surface area contributed by atoms with Crippen LogP contribution < -0.4 is 0 Å². The molecule has 0 N–H and O–H groups in total. The zero-order valence-electron chi connectivity index (χ0n) is 12.1. The molecule has 1 aromatic rings. The van der Waals surface area contributed by atoms with E-state index in [0.717, 1.165) is 11.4 Å². The lowest BCUT2D eigenvalue weighted by Crippen LogP contribution is -2.14. The monoisotopic (exact) mass is 276 g/mol. The maximum Gasteiger partial charge on any atom is 0.0678 e. The normalized spacial score (nSPS) is 20.2. The molecule has 1 aliphatic carbocycles. The fourth-order valence-electron chi connectivity index (χ4n) is 2.89. The number of methoxy groups -OCH3 is 1. The van der Waals surface area contributed by atoms with Gasteiger partial charge in [-0.15, -0.1) is 0 Å². The SMILES string of the molecule is COCC1=C(C)C(c2ccccc2Cl)C(C)=C(C)C1. The summed E-state index contributed by atoms with van der Waals surface area (Å²) in [6.07, 6.45) is 1.02. The van der Waals surface area contributed by atoms with Crippen LogP contribution >= 0.6 is 11.6 Å². The third kappa shape index (κ3) is 2.77. The maximum absolute atomic E-state index is 6.38. The van der Waals surface area contributed by atoms with E-state index >= 15 is 0 Å². The molecule has 0 aromatic heterocycles. The highest BCUT2D eigenvalue weighted by molar-refractivity contribution is 6.31. The lowest BCUT2D eigenvalue weighted by Gasteiger charge is -2.30. The van der Waals surface area contributed by atoms with Crippen LogP contribution in [0.2, 0.25) is 5.02 Å². The van der Waals surface area contributed by atoms with Crippen LogP contribution in [0, 0.1) is 0 Å². The van der Waals surface area contributed by atoms with E-state index in [2.05, 4.69) is 32.9 Å². The van der Waals surface area contributed by atoms with Crippen molar-refractivity contribution in [2.75, 3.05) is 13.7 Å². The summed E-state index contributed by atoms with van der Waals surface area (Å²) in [6, 6.07) is 8.14. The molecule has 0 saturated heterocycles. The van der Waals surface area contributed by atoms with E-state index in [1.165, 1.54) is 27.9 Å². The topological polar surface area (TPSA) is 9.23 Å².